The molecule has 0 radical (unpaired) electrons. The minimum absolute atomic E-state index is 0.0115. The summed E-state index contributed by atoms with van der Waals surface area (Å²) in [5, 5.41) is 0. The first kappa shape index (κ1) is 14.4. The number of ketones is 1. The minimum atomic E-state index is -0.0115. The fourth-order valence-electron chi connectivity index (χ4n) is 2.23. The van der Waals surface area contributed by atoms with Crippen LogP contribution in [-0.2, 0) is 9.53 Å². The Bertz CT molecular complexity index is 295. The highest BCUT2D eigenvalue weighted by molar-refractivity contribution is 5.93. The first-order valence-electron chi connectivity index (χ1n) is 6.62. The molecule has 0 fully saturated rings. The van der Waals surface area contributed by atoms with E-state index in [-0.39, 0.29) is 30.0 Å². The molecule has 1 rings (SSSR count). The smallest absolute Gasteiger partial charge is 0.155 e. The van der Waals surface area contributed by atoms with Gasteiger partial charge in [-0.3, -0.25) is 4.79 Å². The van der Waals surface area contributed by atoms with Gasteiger partial charge in [0.25, 0.3) is 0 Å². The number of carbonyl (C=O) groups excluding carboxylic acids is 1. The summed E-state index contributed by atoms with van der Waals surface area (Å²) < 4.78 is 6.04. The third-order valence-electron chi connectivity index (χ3n) is 3.73. The Kier molecular flexibility index (Phi) is 5.34. The molecule has 0 spiro atoms. The molecule has 0 aromatic rings. The van der Waals surface area contributed by atoms with Gasteiger partial charge in [0.2, 0.25) is 0 Å². The van der Waals surface area contributed by atoms with E-state index >= 15 is 0 Å². The molecule has 2 N–H and O–H groups in total. The van der Waals surface area contributed by atoms with Crippen LogP contribution in [0.4, 0.5) is 0 Å². The summed E-state index contributed by atoms with van der Waals surface area (Å²) in [4.78, 5) is 11.4. The molecular weight excluding hydrogens is 214 g/mol. The Hall–Kier alpha value is -0.670. The fourth-order valence-corrected chi connectivity index (χ4v) is 2.23. The summed E-state index contributed by atoms with van der Waals surface area (Å²) in [7, 11) is 0. The Morgan fingerprint density at radius 2 is 2.12 bits per heavy atom. The van der Waals surface area contributed by atoms with Crippen molar-refractivity contribution in [2.24, 2.45) is 11.7 Å². The number of rotatable bonds is 5. The van der Waals surface area contributed by atoms with Gasteiger partial charge in [-0.1, -0.05) is 20.8 Å². The summed E-state index contributed by atoms with van der Waals surface area (Å²) >= 11 is 0. The van der Waals surface area contributed by atoms with E-state index in [1.54, 1.807) is 6.92 Å². The highest BCUT2D eigenvalue weighted by Gasteiger charge is 2.30. The normalized spacial score (nSPS) is 29.3. The van der Waals surface area contributed by atoms with Crippen LogP contribution in [0.1, 0.15) is 47.0 Å². The van der Waals surface area contributed by atoms with Crippen LogP contribution in [0, 0.1) is 5.92 Å². The van der Waals surface area contributed by atoms with Gasteiger partial charge in [0, 0.05) is 12.0 Å². The molecule has 0 bridgehead atoms. The molecule has 3 heteroatoms. The van der Waals surface area contributed by atoms with Gasteiger partial charge in [-0.05, 0) is 37.8 Å². The molecule has 0 unspecified atom stereocenters. The van der Waals surface area contributed by atoms with Gasteiger partial charge in [0.15, 0.2) is 5.78 Å². The summed E-state index contributed by atoms with van der Waals surface area (Å²) in [5.41, 5.74) is 6.91. The molecule has 0 aliphatic heterocycles. The van der Waals surface area contributed by atoms with Crippen LogP contribution in [0.15, 0.2) is 11.6 Å². The van der Waals surface area contributed by atoms with Gasteiger partial charge in [-0.25, -0.2) is 0 Å². The highest BCUT2D eigenvalue weighted by atomic mass is 16.5. The van der Waals surface area contributed by atoms with E-state index in [9.17, 15) is 4.79 Å². The van der Waals surface area contributed by atoms with Gasteiger partial charge in [-0.15, -0.1) is 0 Å². The van der Waals surface area contributed by atoms with E-state index in [0.29, 0.717) is 6.42 Å². The molecule has 0 aromatic heterocycles. The van der Waals surface area contributed by atoms with E-state index in [1.165, 1.54) is 0 Å². The van der Waals surface area contributed by atoms with Crippen molar-refractivity contribution >= 4 is 5.78 Å². The van der Waals surface area contributed by atoms with Crippen LogP contribution >= 0.6 is 0 Å². The van der Waals surface area contributed by atoms with Crippen molar-refractivity contribution in [1.29, 1.82) is 0 Å². The van der Waals surface area contributed by atoms with Crippen molar-refractivity contribution in [1.82, 2.24) is 0 Å². The van der Waals surface area contributed by atoms with E-state index in [2.05, 4.69) is 20.8 Å². The van der Waals surface area contributed by atoms with Crippen molar-refractivity contribution in [3.63, 3.8) is 0 Å². The van der Waals surface area contributed by atoms with Crippen LogP contribution in [0.3, 0.4) is 0 Å². The van der Waals surface area contributed by atoms with E-state index in [4.69, 9.17) is 10.5 Å². The second kappa shape index (κ2) is 6.31. The lowest BCUT2D eigenvalue weighted by Gasteiger charge is -2.34. The van der Waals surface area contributed by atoms with Crippen molar-refractivity contribution in [2.75, 3.05) is 0 Å². The van der Waals surface area contributed by atoms with Gasteiger partial charge in [0.05, 0.1) is 12.2 Å². The quantitative estimate of drug-likeness (QED) is 0.801. The Morgan fingerprint density at radius 1 is 1.53 bits per heavy atom. The topological polar surface area (TPSA) is 52.3 Å². The molecular formula is C14H25NO2. The minimum Gasteiger partial charge on any atom is -0.371 e. The van der Waals surface area contributed by atoms with Gasteiger partial charge < -0.3 is 10.5 Å². The van der Waals surface area contributed by atoms with Crippen LogP contribution in [-0.4, -0.2) is 24.0 Å². The number of hydrogen-bond donors (Lipinski definition) is 1. The standard InChI is InChI=1S/C14H25NO2/c1-5-12(6-2)17-14-8-11(10(4)16)7-13(15)9(14)3/h8-9,12-14H,5-7,15H2,1-4H3/t9-,13+,14-/m1/s1. The second-order valence-corrected chi connectivity index (χ2v) is 5.01. The van der Waals surface area contributed by atoms with Gasteiger partial charge >= 0.3 is 0 Å². The van der Waals surface area contributed by atoms with E-state index in [1.807, 2.05) is 6.08 Å². The number of ether oxygens (including phenoxy) is 1. The molecule has 98 valence electrons. The number of hydrogen-bond acceptors (Lipinski definition) is 3. The lowest BCUT2D eigenvalue weighted by Crippen LogP contribution is -2.42. The maximum absolute atomic E-state index is 11.4. The first-order valence-corrected chi connectivity index (χ1v) is 6.62. The number of Topliss-reactive ketones (excluding diaryl/α,β-unsaturated/α-hetero) is 1. The van der Waals surface area contributed by atoms with Crippen LogP contribution < -0.4 is 5.73 Å². The Morgan fingerprint density at radius 3 is 2.59 bits per heavy atom. The Balaban J connectivity index is 2.79. The molecule has 0 amide bonds. The molecule has 0 aromatic carbocycles. The van der Waals surface area contributed by atoms with Crippen molar-refractivity contribution in [3.8, 4) is 0 Å². The van der Waals surface area contributed by atoms with E-state index < -0.39 is 0 Å². The highest BCUT2D eigenvalue weighted by Crippen LogP contribution is 2.27. The summed E-state index contributed by atoms with van der Waals surface area (Å²) in [6.07, 6.45) is 4.91. The SMILES string of the molecule is CCC(CC)O[C@@H]1C=C(C(C)=O)C[C@H](N)[C@H]1C. The molecule has 3 nitrogen and oxygen atoms in total. The van der Waals surface area contributed by atoms with Crippen LogP contribution in [0.2, 0.25) is 0 Å². The third-order valence-corrected chi connectivity index (χ3v) is 3.73. The van der Waals surface area contributed by atoms with E-state index in [0.717, 1.165) is 18.4 Å². The maximum atomic E-state index is 11.4. The lowest BCUT2D eigenvalue weighted by atomic mass is 9.83. The van der Waals surface area contributed by atoms with Gasteiger partial charge in [0.1, 0.15) is 0 Å². The Labute approximate surface area is 104 Å². The number of nitrogens with two attached hydrogens (primary N) is 1. The average molecular weight is 239 g/mol. The average Bonchev–Trinajstić information content (AvgIpc) is 2.30. The lowest BCUT2D eigenvalue weighted by molar-refractivity contribution is -0.114. The predicted molar refractivity (Wildman–Crippen MR) is 69.8 cm³/mol. The van der Waals surface area contributed by atoms with Crippen molar-refractivity contribution in [2.45, 2.75) is 65.2 Å². The van der Waals surface area contributed by atoms with Crippen LogP contribution in [0.25, 0.3) is 0 Å². The molecule has 0 saturated carbocycles. The first-order chi connectivity index (χ1) is 7.99. The van der Waals surface area contributed by atoms with Gasteiger partial charge in [-0.2, -0.15) is 0 Å². The number of carbonyl (C=O) groups is 1. The summed E-state index contributed by atoms with van der Waals surface area (Å²) in [6.45, 7) is 7.95. The third kappa shape index (κ3) is 3.65. The molecule has 1 aliphatic carbocycles. The fraction of sp³-hybridized carbons (Fsp3) is 0.786. The van der Waals surface area contributed by atoms with Crippen molar-refractivity contribution < 1.29 is 9.53 Å². The predicted octanol–water partition coefficient (Wildman–Crippen LogP) is 2.44. The van der Waals surface area contributed by atoms with Crippen molar-refractivity contribution in [3.05, 3.63) is 11.6 Å². The zero-order valence-corrected chi connectivity index (χ0v) is 11.4. The summed E-state index contributed by atoms with van der Waals surface area (Å²) in [5.74, 6) is 0.393. The molecule has 0 saturated heterocycles. The largest absolute Gasteiger partial charge is 0.371 e. The molecule has 3 atom stereocenters. The zero-order chi connectivity index (χ0) is 13.0. The maximum Gasteiger partial charge on any atom is 0.155 e. The monoisotopic (exact) mass is 239 g/mol. The second-order valence-electron chi connectivity index (χ2n) is 5.01. The summed E-state index contributed by atoms with van der Waals surface area (Å²) in [6, 6.07) is 0.0262. The molecule has 0 heterocycles. The zero-order valence-electron chi connectivity index (χ0n) is 11.4. The van der Waals surface area contributed by atoms with Crippen LogP contribution in [0.5, 0.6) is 0 Å². The molecule has 17 heavy (non-hydrogen) atoms. The molecule has 1 aliphatic rings.